The van der Waals surface area contributed by atoms with Crippen LogP contribution in [0.4, 0.5) is 0 Å². The Morgan fingerprint density at radius 3 is 2.11 bits per heavy atom. The van der Waals surface area contributed by atoms with Gasteiger partial charge in [0.05, 0.1) is 16.6 Å². The summed E-state index contributed by atoms with van der Waals surface area (Å²) in [5.41, 5.74) is 16.3. The molecular weight excluding hydrogens is 567 g/mol. The number of nitrogens with zero attached hydrogens (tertiary/aromatic N) is 1. The topological polar surface area (TPSA) is 4.41 Å². The van der Waals surface area contributed by atoms with Crippen LogP contribution < -0.4 is 0 Å². The molecule has 222 valence electrons. The van der Waals surface area contributed by atoms with Crippen molar-refractivity contribution in [3.8, 4) is 33.4 Å². The molecule has 0 bridgehead atoms. The summed E-state index contributed by atoms with van der Waals surface area (Å²) < 4.78 is 2.49. The van der Waals surface area contributed by atoms with Crippen LogP contribution in [0.5, 0.6) is 0 Å². The van der Waals surface area contributed by atoms with Gasteiger partial charge < -0.3 is 4.40 Å². The molecule has 0 saturated carbocycles. The highest BCUT2D eigenvalue weighted by molar-refractivity contribution is 6.27. The fourth-order valence-electron chi connectivity index (χ4n) is 8.57. The van der Waals surface area contributed by atoms with E-state index >= 15 is 0 Å². The molecule has 0 spiro atoms. The molecule has 1 unspecified atom stereocenters. The molecule has 0 N–H and O–H groups in total. The molecule has 9 aromatic rings. The Hall–Kier alpha value is -5.66. The normalized spacial score (nSPS) is 14.3. The van der Waals surface area contributed by atoms with E-state index in [9.17, 15) is 0 Å². The van der Waals surface area contributed by atoms with Crippen LogP contribution >= 0.6 is 0 Å². The largest absolute Gasteiger partial charge is 0.308 e. The summed E-state index contributed by atoms with van der Waals surface area (Å²) in [7, 11) is 0. The number of para-hydroxylation sites is 2. The first-order chi connectivity index (χ1) is 23.3. The highest BCUT2D eigenvalue weighted by Crippen LogP contribution is 2.50. The molecular formula is C46H33N. The zero-order valence-corrected chi connectivity index (χ0v) is 26.2. The van der Waals surface area contributed by atoms with E-state index in [1.54, 1.807) is 0 Å². The van der Waals surface area contributed by atoms with Crippen molar-refractivity contribution in [2.75, 3.05) is 0 Å². The maximum absolute atomic E-state index is 2.49. The van der Waals surface area contributed by atoms with Gasteiger partial charge in [0.2, 0.25) is 0 Å². The molecule has 0 fully saturated rings. The molecule has 7 aromatic carbocycles. The minimum atomic E-state index is 0.455. The smallest absolute Gasteiger partial charge is 0.0626 e. The Morgan fingerprint density at radius 2 is 1.21 bits per heavy atom. The lowest BCUT2D eigenvalue weighted by Crippen LogP contribution is -2.13. The number of aromatic nitrogens is 1. The molecule has 0 amide bonds. The maximum atomic E-state index is 2.49. The van der Waals surface area contributed by atoms with E-state index < -0.39 is 0 Å². The molecule has 1 aliphatic carbocycles. The van der Waals surface area contributed by atoms with Gasteiger partial charge in [0.25, 0.3) is 0 Å². The van der Waals surface area contributed by atoms with Gasteiger partial charge in [-0.05, 0) is 87.4 Å². The van der Waals surface area contributed by atoms with E-state index in [0.29, 0.717) is 5.92 Å². The van der Waals surface area contributed by atoms with E-state index in [2.05, 4.69) is 162 Å². The maximum Gasteiger partial charge on any atom is 0.0626 e. The Morgan fingerprint density at radius 1 is 0.511 bits per heavy atom. The van der Waals surface area contributed by atoms with Crippen LogP contribution in [0.3, 0.4) is 0 Å². The second kappa shape index (κ2) is 10.4. The van der Waals surface area contributed by atoms with E-state index in [4.69, 9.17) is 0 Å². The second-order valence-electron chi connectivity index (χ2n) is 13.2. The third-order valence-electron chi connectivity index (χ3n) is 10.6. The SMILES string of the molecule is c1ccc(-c2cccc(CCC3Cc4ccccc4-c4c(-c5ccc6c7ccccc7n7c8ccccc8c5c67)cccc43)c2)cc1. The van der Waals surface area contributed by atoms with Crippen LogP contribution in [0.2, 0.25) is 0 Å². The molecule has 1 nitrogen and oxygen atoms in total. The van der Waals surface area contributed by atoms with Gasteiger partial charge in [-0.1, -0.05) is 146 Å². The fourth-order valence-corrected chi connectivity index (χ4v) is 8.57. The molecule has 0 radical (unpaired) electrons. The van der Waals surface area contributed by atoms with Crippen molar-refractivity contribution in [2.24, 2.45) is 0 Å². The minimum Gasteiger partial charge on any atom is -0.308 e. The number of fused-ring (bicyclic) bond motifs is 9. The lowest BCUT2D eigenvalue weighted by molar-refractivity contribution is 0.616. The zero-order chi connectivity index (χ0) is 30.9. The summed E-state index contributed by atoms with van der Waals surface area (Å²) >= 11 is 0. The Balaban J connectivity index is 1.14. The van der Waals surface area contributed by atoms with Crippen molar-refractivity contribution in [3.05, 3.63) is 174 Å². The third kappa shape index (κ3) is 4.03. The number of rotatable bonds is 5. The van der Waals surface area contributed by atoms with Crippen molar-refractivity contribution >= 4 is 38.1 Å². The van der Waals surface area contributed by atoms with Crippen molar-refractivity contribution in [2.45, 2.75) is 25.2 Å². The summed E-state index contributed by atoms with van der Waals surface area (Å²) in [5, 5.41) is 5.34. The highest BCUT2D eigenvalue weighted by Gasteiger charge is 2.28. The predicted octanol–water partition coefficient (Wildman–Crippen LogP) is 12.1. The van der Waals surface area contributed by atoms with E-state index in [1.807, 2.05) is 0 Å². The van der Waals surface area contributed by atoms with Crippen LogP contribution in [-0.4, -0.2) is 4.40 Å². The lowest BCUT2D eigenvalue weighted by atomic mass is 9.74. The number of hydrogen-bond acceptors (Lipinski definition) is 0. The Bertz CT molecular complexity index is 2600. The molecule has 10 rings (SSSR count). The molecule has 0 saturated heterocycles. The Kier molecular flexibility index (Phi) is 5.90. The van der Waals surface area contributed by atoms with Gasteiger partial charge in [0.15, 0.2) is 0 Å². The van der Waals surface area contributed by atoms with Crippen LogP contribution in [0, 0.1) is 0 Å². The summed E-state index contributed by atoms with van der Waals surface area (Å²) in [6.45, 7) is 0. The van der Waals surface area contributed by atoms with Crippen molar-refractivity contribution in [1.82, 2.24) is 4.40 Å². The van der Waals surface area contributed by atoms with Crippen molar-refractivity contribution in [1.29, 1.82) is 0 Å². The average Bonchev–Trinajstić information content (AvgIpc) is 3.67. The van der Waals surface area contributed by atoms with Crippen LogP contribution in [0.1, 0.15) is 29.0 Å². The van der Waals surface area contributed by atoms with Gasteiger partial charge in [-0.25, -0.2) is 0 Å². The van der Waals surface area contributed by atoms with Crippen LogP contribution in [-0.2, 0) is 12.8 Å². The van der Waals surface area contributed by atoms with Gasteiger partial charge in [0.1, 0.15) is 0 Å². The van der Waals surface area contributed by atoms with Crippen molar-refractivity contribution in [3.63, 3.8) is 0 Å². The Labute approximate surface area is 274 Å². The van der Waals surface area contributed by atoms with Crippen LogP contribution in [0.15, 0.2) is 158 Å². The molecule has 0 aliphatic heterocycles. The fraction of sp³-hybridized carbons (Fsp3) is 0.0870. The summed E-state index contributed by atoms with van der Waals surface area (Å²) in [6.07, 6.45) is 3.25. The molecule has 1 aliphatic rings. The first-order valence-electron chi connectivity index (χ1n) is 16.9. The zero-order valence-electron chi connectivity index (χ0n) is 26.2. The first-order valence-corrected chi connectivity index (χ1v) is 16.9. The first kappa shape index (κ1) is 26.5. The summed E-state index contributed by atoms with van der Waals surface area (Å²) in [6, 6.07) is 58.7. The number of benzene rings is 7. The average molecular weight is 600 g/mol. The van der Waals surface area contributed by atoms with Gasteiger partial charge in [0, 0.05) is 21.5 Å². The van der Waals surface area contributed by atoms with Crippen molar-refractivity contribution < 1.29 is 0 Å². The van der Waals surface area contributed by atoms with Gasteiger partial charge in [-0.15, -0.1) is 0 Å². The number of aryl methyl sites for hydroxylation is 1. The van der Waals surface area contributed by atoms with Crippen LogP contribution in [0.25, 0.3) is 71.5 Å². The van der Waals surface area contributed by atoms with E-state index in [1.165, 1.54) is 88.2 Å². The molecule has 2 aromatic heterocycles. The van der Waals surface area contributed by atoms with E-state index in [-0.39, 0.29) is 0 Å². The highest BCUT2D eigenvalue weighted by atomic mass is 14.9. The predicted molar refractivity (Wildman–Crippen MR) is 199 cm³/mol. The second-order valence-corrected chi connectivity index (χ2v) is 13.2. The molecule has 1 atom stereocenters. The standard InChI is InChI=1S/C46H33N/c1-2-13-31(14-3-1)32-16-10-12-30(28-32)24-25-34-29-33-15-4-5-17-35(33)44-36(34)20-11-21-38(44)39-26-27-40-37-18-6-8-22-42(37)47-43-23-9-7-19-41(43)45(39)46(40)47/h1-23,26-28,34H,24-25,29H2. The monoisotopic (exact) mass is 599 g/mol. The summed E-state index contributed by atoms with van der Waals surface area (Å²) in [5.74, 6) is 0.455. The van der Waals surface area contributed by atoms with E-state index in [0.717, 1.165) is 19.3 Å². The lowest BCUT2D eigenvalue weighted by Gasteiger charge is -2.30. The third-order valence-corrected chi connectivity index (χ3v) is 10.6. The van der Waals surface area contributed by atoms with Gasteiger partial charge in [-0.2, -0.15) is 0 Å². The quantitative estimate of drug-likeness (QED) is 0.185. The number of hydrogen-bond donors (Lipinski definition) is 0. The van der Waals surface area contributed by atoms with Gasteiger partial charge in [-0.3, -0.25) is 0 Å². The molecule has 47 heavy (non-hydrogen) atoms. The molecule has 2 heterocycles. The minimum absolute atomic E-state index is 0.455. The molecule has 1 heteroatoms. The summed E-state index contributed by atoms with van der Waals surface area (Å²) in [4.78, 5) is 0. The van der Waals surface area contributed by atoms with Gasteiger partial charge >= 0.3 is 0 Å².